The standard InChI is InChI=1S/C18H30O2/c1-5-6-7-14-11-16(14)18(19)20-17-10-13(4)8-9-15(17)12(2)3/h11-13,15-17H,5-10H2,1-4H3/t13-,15+,16-,17-/m0/s1. The Labute approximate surface area is 124 Å². The van der Waals surface area contributed by atoms with Crippen LogP contribution in [0, 0.1) is 23.7 Å². The van der Waals surface area contributed by atoms with E-state index in [0.717, 1.165) is 12.8 Å². The maximum atomic E-state index is 12.2. The van der Waals surface area contributed by atoms with Gasteiger partial charge in [-0.2, -0.15) is 0 Å². The summed E-state index contributed by atoms with van der Waals surface area (Å²) in [5.41, 5.74) is 1.31. The van der Waals surface area contributed by atoms with Gasteiger partial charge in [-0.25, -0.2) is 0 Å². The molecule has 2 nitrogen and oxygen atoms in total. The van der Waals surface area contributed by atoms with Crippen LogP contribution >= 0.6 is 0 Å². The van der Waals surface area contributed by atoms with Gasteiger partial charge in [0.1, 0.15) is 6.10 Å². The number of carbonyl (C=O) groups is 1. The molecule has 0 aliphatic heterocycles. The summed E-state index contributed by atoms with van der Waals surface area (Å²) >= 11 is 0. The normalized spacial score (nSPS) is 33.0. The van der Waals surface area contributed by atoms with Crippen LogP contribution in [-0.2, 0) is 9.53 Å². The molecule has 0 saturated heterocycles. The summed E-state index contributed by atoms with van der Waals surface area (Å²) in [6, 6.07) is 0. The van der Waals surface area contributed by atoms with Crippen LogP contribution in [0.1, 0.15) is 66.2 Å². The molecule has 0 radical (unpaired) electrons. The Morgan fingerprint density at radius 1 is 1.40 bits per heavy atom. The molecule has 0 N–H and O–H groups in total. The average molecular weight is 278 g/mol. The van der Waals surface area contributed by atoms with Crippen LogP contribution in [-0.4, -0.2) is 12.1 Å². The average Bonchev–Trinajstić information content (AvgIpc) is 3.15. The minimum atomic E-state index is 0.0147. The Morgan fingerprint density at radius 2 is 2.15 bits per heavy atom. The molecule has 1 saturated carbocycles. The van der Waals surface area contributed by atoms with Gasteiger partial charge in [-0.15, -0.1) is 0 Å². The fourth-order valence-electron chi connectivity index (χ4n) is 3.48. The lowest BCUT2D eigenvalue weighted by molar-refractivity contribution is -0.156. The van der Waals surface area contributed by atoms with Gasteiger partial charge in [-0.1, -0.05) is 52.2 Å². The maximum Gasteiger partial charge on any atom is 0.317 e. The van der Waals surface area contributed by atoms with E-state index in [-0.39, 0.29) is 18.0 Å². The number of carbonyl (C=O) groups excluding carboxylic acids is 1. The van der Waals surface area contributed by atoms with E-state index in [4.69, 9.17) is 4.74 Å². The molecule has 0 unspecified atom stereocenters. The largest absolute Gasteiger partial charge is 0.461 e. The predicted molar refractivity (Wildman–Crippen MR) is 82.3 cm³/mol. The molecular formula is C18H30O2. The Hall–Kier alpha value is -0.790. The van der Waals surface area contributed by atoms with Crippen LogP contribution < -0.4 is 0 Å². The fraction of sp³-hybridized carbons (Fsp3) is 0.833. The van der Waals surface area contributed by atoms with E-state index >= 15 is 0 Å². The first-order valence-corrected chi connectivity index (χ1v) is 8.44. The lowest BCUT2D eigenvalue weighted by atomic mass is 9.75. The van der Waals surface area contributed by atoms with Gasteiger partial charge in [0.2, 0.25) is 0 Å². The molecule has 20 heavy (non-hydrogen) atoms. The van der Waals surface area contributed by atoms with Crippen LogP contribution in [0.4, 0.5) is 0 Å². The molecule has 4 atom stereocenters. The van der Waals surface area contributed by atoms with E-state index in [1.165, 1.54) is 31.3 Å². The molecule has 0 aromatic carbocycles. The second-order valence-corrected chi connectivity index (χ2v) is 7.12. The minimum absolute atomic E-state index is 0.0147. The van der Waals surface area contributed by atoms with Gasteiger partial charge in [0, 0.05) is 0 Å². The second kappa shape index (κ2) is 6.78. The Morgan fingerprint density at radius 3 is 2.80 bits per heavy atom. The van der Waals surface area contributed by atoms with Gasteiger partial charge in [0.25, 0.3) is 0 Å². The minimum Gasteiger partial charge on any atom is -0.461 e. The summed E-state index contributed by atoms with van der Waals surface area (Å²) in [4.78, 5) is 12.2. The van der Waals surface area contributed by atoms with Crippen molar-refractivity contribution in [3.05, 3.63) is 11.6 Å². The smallest absolute Gasteiger partial charge is 0.317 e. The highest BCUT2D eigenvalue weighted by atomic mass is 16.5. The van der Waals surface area contributed by atoms with Crippen molar-refractivity contribution in [3.63, 3.8) is 0 Å². The van der Waals surface area contributed by atoms with Crippen molar-refractivity contribution < 1.29 is 9.53 Å². The number of ether oxygens (including phenoxy) is 1. The van der Waals surface area contributed by atoms with Crippen molar-refractivity contribution in [2.45, 2.75) is 72.3 Å². The third-order valence-corrected chi connectivity index (χ3v) is 4.97. The summed E-state index contributed by atoms with van der Waals surface area (Å²) in [5, 5.41) is 0. The van der Waals surface area contributed by atoms with Gasteiger partial charge in [0.15, 0.2) is 0 Å². The number of rotatable bonds is 6. The Kier molecular flexibility index (Phi) is 5.29. The lowest BCUT2D eigenvalue weighted by Gasteiger charge is -2.36. The molecule has 0 bridgehead atoms. The first-order valence-electron chi connectivity index (χ1n) is 8.44. The summed E-state index contributed by atoms with van der Waals surface area (Å²) in [7, 11) is 0. The molecule has 0 spiro atoms. The summed E-state index contributed by atoms with van der Waals surface area (Å²) in [6.07, 6.45) is 9.22. The van der Waals surface area contributed by atoms with Crippen LogP contribution in [0.25, 0.3) is 0 Å². The molecule has 1 fully saturated rings. The second-order valence-electron chi connectivity index (χ2n) is 7.12. The quantitative estimate of drug-likeness (QED) is 0.518. The van der Waals surface area contributed by atoms with Crippen molar-refractivity contribution in [2.24, 2.45) is 23.7 Å². The third-order valence-electron chi connectivity index (χ3n) is 4.97. The molecule has 2 aliphatic rings. The maximum absolute atomic E-state index is 12.2. The number of hydrogen-bond acceptors (Lipinski definition) is 2. The zero-order valence-electron chi connectivity index (χ0n) is 13.5. The number of esters is 1. The van der Waals surface area contributed by atoms with Gasteiger partial charge in [0.05, 0.1) is 5.92 Å². The van der Waals surface area contributed by atoms with E-state index in [1.54, 1.807) is 0 Å². The fourth-order valence-corrected chi connectivity index (χ4v) is 3.48. The van der Waals surface area contributed by atoms with Crippen LogP contribution in [0.2, 0.25) is 0 Å². The van der Waals surface area contributed by atoms with Crippen molar-refractivity contribution in [1.29, 1.82) is 0 Å². The summed E-state index contributed by atoms with van der Waals surface area (Å²) in [5.74, 6) is 1.88. The Bertz CT molecular complexity index is 370. The van der Waals surface area contributed by atoms with Gasteiger partial charge < -0.3 is 4.74 Å². The van der Waals surface area contributed by atoms with Crippen LogP contribution in [0.3, 0.4) is 0 Å². The van der Waals surface area contributed by atoms with E-state index in [9.17, 15) is 4.79 Å². The zero-order chi connectivity index (χ0) is 14.7. The van der Waals surface area contributed by atoms with Crippen molar-refractivity contribution in [1.82, 2.24) is 0 Å². The zero-order valence-corrected chi connectivity index (χ0v) is 13.5. The van der Waals surface area contributed by atoms with E-state index in [1.807, 2.05) is 0 Å². The third kappa shape index (κ3) is 3.86. The topological polar surface area (TPSA) is 26.3 Å². The van der Waals surface area contributed by atoms with Crippen molar-refractivity contribution >= 4 is 5.97 Å². The molecule has 2 heteroatoms. The van der Waals surface area contributed by atoms with Gasteiger partial charge >= 0.3 is 5.97 Å². The summed E-state index contributed by atoms with van der Waals surface area (Å²) in [6.45, 7) is 8.97. The lowest BCUT2D eigenvalue weighted by Crippen LogP contribution is -2.36. The Balaban J connectivity index is 1.83. The molecular weight excluding hydrogens is 248 g/mol. The highest BCUT2D eigenvalue weighted by Gasteiger charge is 2.38. The SMILES string of the molecule is CCCCC1=C[C@@H]1C(=O)O[C@H]1C[C@@H](C)CC[C@@H]1C(C)C. The summed E-state index contributed by atoms with van der Waals surface area (Å²) < 4.78 is 5.88. The van der Waals surface area contributed by atoms with E-state index in [0.29, 0.717) is 17.8 Å². The highest BCUT2D eigenvalue weighted by Crippen LogP contribution is 2.39. The molecule has 114 valence electrons. The monoisotopic (exact) mass is 278 g/mol. The van der Waals surface area contributed by atoms with E-state index in [2.05, 4.69) is 33.8 Å². The molecule has 0 aromatic rings. The van der Waals surface area contributed by atoms with E-state index < -0.39 is 0 Å². The van der Waals surface area contributed by atoms with Gasteiger partial charge in [-0.05, 0) is 43.4 Å². The first-order chi connectivity index (χ1) is 9.52. The van der Waals surface area contributed by atoms with Crippen molar-refractivity contribution in [3.8, 4) is 0 Å². The first kappa shape index (κ1) is 15.6. The van der Waals surface area contributed by atoms with Crippen molar-refractivity contribution in [2.75, 3.05) is 0 Å². The predicted octanol–water partition coefficient (Wildman–Crippen LogP) is 4.74. The highest BCUT2D eigenvalue weighted by molar-refractivity contribution is 5.83. The number of unbranched alkanes of at least 4 members (excludes halogenated alkanes) is 1. The molecule has 2 rings (SSSR count). The van der Waals surface area contributed by atoms with Crippen LogP contribution in [0.15, 0.2) is 11.6 Å². The molecule has 0 heterocycles. The van der Waals surface area contributed by atoms with Gasteiger partial charge in [-0.3, -0.25) is 4.79 Å². The molecule has 0 amide bonds. The molecule has 0 aromatic heterocycles. The molecule has 2 aliphatic carbocycles. The van der Waals surface area contributed by atoms with Crippen LogP contribution in [0.5, 0.6) is 0 Å². The number of hydrogen-bond donors (Lipinski definition) is 0.